The van der Waals surface area contributed by atoms with Crippen LogP contribution < -0.4 is 0 Å². The molecule has 0 atom stereocenters. The fourth-order valence-corrected chi connectivity index (χ4v) is 2.86. The van der Waals surface area contributed by atoms with Crippen LogP contribution in [0.3, 0.4) is 0 Å². The summed E-state index contributed by atoms with van der Waals surface area (Å²) < 4.78 is 0. The van der Waals surface area contributed by atoms with Crippen LogP contribution in [0.1, 0.15) is 52.4 Å². The summed E-state index contributed by atoms with van der Waals surface area (Å²) in [6.45, 7) is 4.49. The van der Waals surface area contributed by atoms with E-state index in [1.54, 1.807) is 0 Å². The quantitative estimate of drug-likeness (QED) is 0.738. The van der Waals surface area contributed by atoms with Gasteiger partial charge in [0.1, 0.15) is 0 Å². The first-order valence-corrected chi connectivity index (χ1v) is 6.38. The van der Waals surface area contributed by atoms with E-state index < -0.39 is 0 Å². The largest absolute Gasteiger partial charge is 0.396 e. The Balaban J connectivity index is 2.42. The van der Waals surface area contributed by atoms with Gasteiger partial charge in [-0.1, -0.05) is 39.5 Å². The normalized spacial score (nSPS) is 28.0. The van der Waals surface area contributed by atoms with Crippen LogP contribution >= 0.6 is 0 Å². The van der Waals surface area contributed by atoms with Crippen molar-refractivity contribution in [3.05, 3.63) is 0 Å². The molecule has 0 saturated heterocycles. The van der Waals surface area contributed by atoms with Crippen LogP contribution in [0.15, 0.2) is 0 Å². The third kappa shape index (κ3) is 3.18. The minimum atomic E-state index is -0.253. The molecule has 90 valence electrons. The zero-order valence-electron chi connectivity index (χ0n) is 10.2. The van der Waals surface area contributed by atoms with E-state index in [1.165, 1.54) is 38.5 Å². The van der Waals surface area contributed by atoms with Crippen molar-refractivity contribution in [3.63, 3.8) is 0 Å². The van der Waals surface area contributed by atoms with Crippen LogP contribution in [0.4, 0.5) is 0 Å². The lowest BCUT2D eigenvalue weighted by Gasteiger charge is -2.39. The highest BCUT2D eigenvalue weighted by Gasteiger charge is 2.35. The maximum atomic E-state index is 9.35. The average Bonchev–Trinajstić information content (AvgIpc) is 2.29. The summed E-state index contributed by atoms with van der Waals surface area (Å²) in [5.41, 5.74) is -0.253. The number of aliphatic hydroxyl groups excluding tert-OH is 2. The maximum absolute atomic E-state index is 9.35. The summed E-state index contributed by atoms with van der Waals surface area (Å²) in [4.78, 5) is 0. The Hall–Kier alpha value is -0.0800. The molecular formula is C13H26O2. The van der Waals surface area contributed by atoms with Crippen molar-refractivity contribution in [2.24, 2.45) is 17.3 Å². The Bertz CT molecular complexity index is 167. The number of hydrogen-bond acceptors (Lipinski definition) is 2. The molecule has 0 radical (unpaired) electrons. The van der Waals surface area contributed by atoms with Gasteiger partial charge in [-0.25, -0.2) is 0 Å². The van der Waals surface area contributed by atoms with Crippen molar-refractivity contribution in [3.8, 4) is 0 Å². The standard InChI is InChI=1S/C13H26O2/c1-3-4-11-5-7-12(8-6-11)13(2,9-14)10-15/h11-12,14-15H,3-10H2,1-2H3. The van der Waals surface area contributed by atoms with Gasteiger partial charge in [0.05, 0.1) is 13.2 Å². The van der Waals surface area contributed by atoms with Gasteiger partial charge in [-0.2, -0.15) is 0 Å². The van der Waals surface area contributed by atoms with Gasteiger partial charge in [0, 0.05) is 5.41 Å². The number of aliphatic hydroxyl groups is 2. The van der Waals surface area contributed by atoms with E-state index in [0.717, 1.165) is 5.92 Å². The molecule has 1 rings (SSSR count). The van der Waals surface area contributed by atoms with Gasteiger partial charge >= 0.3 is 0 Å². The SMILES string of the molecule is CCCC1CCC(C(C)(CO)CO)CC1. The molecule has 2 nitrogen and oxygen atoms in total. The molecule has 0 aromatic heterocycles. The van der Waals surface area contributed by atoms with Gasteiger partial charge in [-0.3, -0.25) is 0 Å². The van der Waals surface area contributed by atoms with Gasteiger partial charge in [0.2, 0.25) is 0 Å². The van der Waals surface area contributed by atoms with Crippen LogP contribution in [0, 0.1) is 17.3 Å². The monoisotopic (exact) mass is 214 g/mol. The van der Waals surface area contributed by atoms with Gasteiger partial charge < -0.3 is 10.2 Å². The molecule has 1 saturated carbocycles. The van der Waals surface area contributed by atoms with Crippen molar-refractivity contribution in [2.75, 3.05) is 13.2 Å². The average molecular weight is 214 g/mol. The van der Waals surface area contributed by atoms with E-state index in [0.29, 0.717) is 5.92 Å². The Kier molecular flexibility index (Phi) is 5.07. The molecule has 0 spiro atoms. The highest BCUT2D eigenvalue weighted by Crippen LogP contribution is 2.41. The van der Waals surface area contributed by atoms with Gasteiger partial charge in [0.25, 0.3) is 0 Å². The van der Waals surface area contributed by atoms with Gasteiger partial charge in [-0.15, -0.1) is 0 Å². The molecule has 2 heteroatoms. The molecule has 1 fully saturated rings. The first-order chi connectivity index (χ1) is 7.16. The first kappa shape index (κ1) is 13.0. The third-order valence-corrected chi connectivity index (χ3v) is 4.25. The van der Waals surface area contributed by atoms with Crippen LogP contribution in [0.2, 0.25) is 0 Å². The van der Waals surface area contributed by atoms with Crippen molar-refractivity contribution >= 4 is 0 Å². The first-order valence-electron chi connectivity index (χ1n) is 6.38. The van der Waals surface area contributed by atoms with Crippen LogP contribution in [-0.4, -0.2) is 23.4 Å². The predicted octanol–water partition coefficient (Wildman–Crippen LogP) is 2.58. The fourth-order valence-electron chi connectivity index (χ4n) is 2.86. The molecule has 0 unspecified atom stereocenters. The summed E-state index contributed by atoms with van der Waals surface area (Å²) in [6.07, 6.45) is 7.57. The van der Waals surface area contributed by atoms with Crippen molar-refractivity contribution < 1.29 is 10.2 Å². The zero-order valence-corrected chi connectivity index (χ0v) is 10.2. The highest BCUT2D eigenvalue weighted by atomic mass is 16.3. The van der Waals surface area contributed by atoms with Crippen molar-refractivity contribution in [1.82, 2.24) is 0 Å². The Morgan fingerprint density at radius 3 is 2.00 bits per heavy atom. The van der Waals surface area contributed by atoms with E-state index in [-0.39, 0.29) is 18.6 Å². The Morgan fingerprint density at radius 2 is 1.60 bits per heavy atom. The predicted molar refractivity (Wildman–Crippen MR) is 62.6 cm³/mol. The van der Waals surface area contributed by atoms with E-state index in [2.05, 4.69) is 6.92 Å². The Labute approximate surface area is 93.7 Å². The van der Waals surface area contributed by atoms with E-state index >= 15 is 0 Å². The summed E-state index contributed by atoms with van der Waals surface area (Å²) >= 11 is 0. The van der Waals surface area contributed by atoms with E-state index in [9.17, 15) is 10.2 Å². The molecule has 2 N–H and O–H groups in total. The summed E-state index contributed by atoms with van der Waals surface area (Å²) in [6, 6.07) is 0. The second-order valence-electron chi connectivity index (χ2n) is 5.48. The van der Waals surface area contributed by atoms with Gasteiger partial charge in [-0.05, 0) is 24.7 Å². The maximum Gasteiger partial charge on any atom is 0.0509 e. The van der Waals surface area contributed by atoms with Gasteiger partial charge in [0.15, 0.2) is 0 Å². The summed E-state index contributed by atoms with van der Waals surface area (Å²) in [7, 11) is 0. The smallest absolute Gasteiger partial charge is 0.0509 e. The van der Waals surface area contributed by atoms with Crippen LogP contribution in [-0.2, 0) is 0 Å². The topological polar surface area (TPSA) is 40.5 Å². The number of rotatable bonds is 5. The molecule has 0 heterocycles. The molecule has 1 aliphatic rings. The fraction of sp³-hybridized carbons (Fsp3) is 1.00. The molecule has 0 aromatic rings. The summed E-state index contributed by atoms with van der Waals surface area (Å²) in [5, 5.41) is 18.7. The zero-order chi connectivity index (χ0) is 11.3. The van der Waals surface area contributed by atoms with Crippen LogP contribution in [0.5, 0.6) is 0 Å². The van der Waals surface area contributed by atoms with E-state index in [1.807, 2.05) is 6.92 Å². The molecule has 0 aromatic carbocycles. The second-order valence-corrected chi connectivity index (χ2v) is 5.48. The second kappa shape index (κ2) is 5.86. The minimum absolute atomic E-state index is 0.118. The van der Waals surface area contributed by atoms with Crippen molar-refractivity contribution in [2.45, 2.75) is 52.4 Å². The lowest BCUT2D eigenvalue weighted by molar-refractivity contribution is -0.00213. The van der Waals surface area contributed by atoms with E-state index in [4.69, 9.17) is 0 Å². The molecule has 0 bridgehead atoms. The molecule has 1 aliphatic carbocycles. The lowest BCUT2D eigenvalue weighted by Crippen LogP contribution is -2.37. The lowest BCUT2D eigenvalue weighted by atomic mass is 9.68. The molecular weight excluding hydrogens is 188 g/mol. The van der Waals surface area contributed by atoms with Crippen molar-refractivity contribution in [1.29, 1.82) is 0 Å². The minimum Gasteiger partial charge on any atom is -0.396 e. The Morgan fingerprint density at radius 1 is 1.07 bits per heavy atom. The molecule has 15 heavy (non-hydrogen) atoms. The number of hydrogen-bond donors (Lipinski definition) is 2. The highest BCUT2D eigenvalue weighted by molar-refractivity contribution is 4.85. The molecule has 0 aliphatic heterocycles. The summed E-state index contributed by atoms with van der Waals surface area (Å²) in [5.74, 6) is 1.41. The van der Waals surface area contributed by atoms with Crippen LogP contribution in [0.25, 0.3) is 0 Å². The third-order valence-electron chi connectivity index (χ3n) is 4.25. The molecule has 0 amide bonds.